The van der Waals surface area contributed by atoms with E-state index in [9.17, 15) is 4.39 Å². The first kappa shape index (κ1) is 14.5. The topological polar surface area (TPSA) is 29.3 Å². The molecule has 1 aromatic carbocycles. The van der Waals surface area contributed by atoms with E-state index in [1.807, 2.05) is 42.6 Å². The fraction of sp³-hybridized carbons (Fsp3) is 0.167. The van der Waals surface area contributed by atoms with Gasteiger partial charge in [0, 0.05) is 31.0 Å². The highest BCUT2D eigenvalue weighted by molar-refractivity contribution is 5.18. The Morgan fingerprint density at radius 3 is 2.59 bits per heavy atom. The molecule has 0 N–H and O–H groups in total. The fourth-order valence-corrected chi connectivity index (χ4v) is 2.41. The molecule has 2 aromatic heterocycles. The second kappa shape index (κ2) is 7.00. The predicted molar refractivity (Wildman–Crippen MR) is 82.3 cm³/mol. The average molecular weight is 296 g/mol. The van der Waals surface area contributed by atoms with Crippen LogP contribution in [0.5, 0.6) is 0 Å². The molecule has 0 spiro atoms. The zero-order chi connectivity index (χ0) is 15.2. The molecule has 3 nitrogen and oxygen atoms in total. The maximum absolute atomic E-state index is 13.9. The van der Waals surface area contributed by atoms with Crippen molar-refractivity contribution in [1.29, 1.82) is 0 Å². The third kappa shape index (κ3) is 3.80. The highest BCUT2D eigenvalue weighted by Crippen LogP contribution is 2.16. The van der Waals surface area contributed by atoms with E-state index in [1.54, 1.807) is 18.5 Å². The quantitative estimate of drug-likeness (QED) is 0.688. The SMILES string of the molecule is Fc1ccccc1CN(Cc1cccnc1)Cc1ccco1. The van der Waals surface area contributed by atoms with Crippen LogP contribution in [-0.4, -0.2) is 9.88 Å². The van der Waals surface area contributed by atoms with Gasteiger partial charge in [-0.15, -0.1) is 0 Å². The lowest BCUT2D eigenvalue weighted by atomic mass is 10.1. The number of halogens is 1. The molecule has 3 rings (SSSR count). The van der Waals surface area contributed by atoms with Crippen LogP contribution in [0.15, 0.2) is 71.6 Å². The highest BCUT2D eigenvalue weighted by Gasteiger charge is 2.12. The van der Waals surface area contributed by atoms with Crippen LogP contribution in [-0.2, 0) is 19.6 Å². The van der Waals surface area contributed by atoms with Crippen molar-refractivity contribution in [2.75, 3.05) is 0 Å². The van der Waals surface area contributed by atoms with E-state index in [4.69, 9.17) is 4.42 Å². The summed E-state index contributed by atoms with van der Waals surface area (Å²) in [7, 11) is 0. The summed E-state index contributed by atoms with van der Waals surface area (Å²) in [6.07, 6.45) is 5.23. The maximum Gasteiger partial charge on any atom is 0.127 e. The van der Waals surface area contributed by atoms with E-state index in [2.05, 4.69) is 9.88 Å². The number of rotatable bonds is 6. The Balaban J connectivity index is 1.78. The molecule has 4 heteroatoms. The fourth-order valence-electron chi connectivity index (χ4n) is 2.41. The predicted octanol–water partition coefficient (Wildman–Crippen LogP) is 4.02. The molecule has 0 bridgehead atoms. The van der Waals surface area contributed by atoms with E-state index >= 15 is 0 Å². The summed E-state index contributed by atoms with van der Waals surface area (Å²) < 4.78 is 19.3. The van der Waals surface area contributed by atoms with Gasteiger partial charge in [0.15, 0.2) is 0 Å². The van der Waals surface area contributed by atoms with Crippen LogP contribution < -0.4 is 0 Å². The summed E-state index contributed by atoms with van der Waals surface area (Å²) in [5, 5.41) is 0. The minimum Gasteiger partial charge on any atom is -0.468 e. The first-order valence-electron chi connectivity index (χ1n) is 7.18. The zero-order valence-corrected chi connectivity index (χ0v) is 12.2. The Morgan fingerprint density at radius 2 is 1.86 bits per heavy atom. The van der Waals surface area contributed by atoms with Crippen molar-refractivity contribution in [1.82, 2.24) is 9.88 Å². The van der Waals surface area contributed by atoms with Crippen molar-refractivity contribution in [3.8, 4) is 0 Å². The van der Waals surface area contributed by atoms with Gasteiger partial charge in [0.2, 0.25) is 0 Å². The first-order valence-corrected chi connectivity index (χ1v) is 7.18. The maximum atomic E-state index is 13.9. The van der Waals surface area contributed by atoms with Crippen LogP contribution in [0.2, 0.25) is 0 Å². The van der Waals surface area contributed by atoms with E-state index in [0.29, 0.717) is 25.2 Å². The van der Waals surface area contributed by atoms with Gasteiger partial charge in [-0.05, 0) is 29.8 Å². The van der Waals surface area contributed by atoms with Crippen molar-refractivity contribution in [3.63, 3.8) is 0 Å². The second-order valence-corrected chi connectivity index (χ2v) is 5.18. The van der Waals surface area contributed by atoms with Gasteiger partial charge in [0.25, 0.3) is 0 Å². The number of nitrogens with zero attached hydrogens (tertiary/aromatic N) is 2. The van der Waals surface area contributed by atoms with Gasteiger partial charge in [-0.1, -0.05) is 24.3 Å². The minimum absolute atomic E-state index is 0.182. The molecular formula is C18H17FN2O. The first-order chi connectivity index (χ1) is 10.8. The van der Waals surface area contributed by atoms with Gasteiger partial charge in [0.05, 0.1) is 12.8 Å². The van der Waals surface area contributed by atoms with E-state index in [1.165, 1.54) is 6.07 Å². The smallest absolute Gasteiger partial charge is 0.127 e. The molecule has 0 aliphatic heterocycles. The molecule has 0 unspecified atom stereocenters. The van der Waals surface area contributed by atoms with E-state index in [0.717, 1.165) is 11.3 Å². The van der Waals surface area contributed by atoms with Crippen LogP contribution in [0.25, 0.3) is 0 Å². The van der Waals surface area contributed by atoms with Gasteiger partial charge < -0.3 is 4.42 Å². The van der Waals surface area contributed by atoms with Gasteiger partial charge in [-0.25, -0.2) is 4.39 Å². The average Bonchev–Trinajstić information content (AvgIpc) is 3.03. The lowest BCUT2D eigenvalue weighted by molar-refractivity contribution is 0.223. The van der Waals surface area contributed by atoms with Crippen LogP contribution >= 0.6 is 0 Å². The minimum atomic E-state index is -0.182. The van der Waals surface area contributed by atoms with E-state index < -0.39 is 0 Å². The zero-order valence-electron chi connectivity index (χ0n) is 12.2. The van der Waals surface area contributed by atoms with Crippen molar-refractivity contribution in [2.45, 2.75) is 19.6 Å². The summed E-state index contributed by atoms with van der Waals surface area (Å²) in [6, 6.07) is 14.6. The number of benzene rings is 1. The Kier molecular flexibility index (Phi) is 4.61. The molecule has 0 aliphatic rings. The lowest BCUT2D eigenvalue weighted by Gasteiger charge is -2.21. The number of pyridine rings is 1. The molecule has 0 saturated heterocycles. The molecule has 2 heterocycles. The van der Waals surface area contributed by atoms with Gasteiger partial charge >= 0.3 is 0 Å². The van der Waals surface area contributed by atoms with Crippen molar-refractivity contribution in [3.05, 3.63) is 89.9 Å². The normalized spacial score (nSPS) is 11.0. The summed E-state index contributed by atoms with van der Waals surface area (Å²) in [5.74, 6) is 0.679. The summed E-state index contributed by atoms with van der Waals surface area (Å²) in [5.41, 5.74) is 1.77. The number of hydrogen-bond acceptors (Lipinski definition) is 3. The summed E-state index contributed by atoms with van der Waals surface area (Å²) in [4.78, 5) is 6.27. The molecule has 0 amide bonds. The molecule has 0 fully saturated rings. The Bertz CT molecular complexity index is 698. The molecule has 0 saturated carbocycles. The molecular weight excluding hydrogens is 279 g/mol. The van der Waals surface area contributed by atoms with Crippen molar-refractivity contribution in [2.24, 2.45) is 0 Å². The molecule has 0 aliphatic carbocycles. The molecule has 112 valence electrons. The van der Waals surface area contributed by atoms with Crippen molar-refractivity contribution >= 4 is 0 Å². The third-order valence-corrected chi connectivity index (χ3v) is 3.44. The third-order valence-electron chi connectivity index (χ3n) is 3.44. The van der Waals surface area contributed by atoms with Crippen LogP contribution in [0.3, 0.4) is 0 Å². The largest absolute Gasteiger partial charge is 0.468 e. The molecule has 0 radical (unpaired) electrons. The molecule has 3 aromatic rings. The number of aromatic nitrogens is 1. The van der Waals surface area contributed by atoms with Gasteiger partial charge in [-0.2, -0.15) is 0 Å². The van der Waals surface area contributed by atoms with Crippen LogP contribution in [0.4, 0.5) is 4.39 Å². The highest BCUT2D eigenvalue weighted by atomic mass is 19.1. The Labute approximate surface area is 129 Å². The number of furan rings is 1. The van der Waals surface area contributed by atoms with Gasteiger partial charge in [-0.3, -0.25) is 9.88 Å². The lowest BCUT2D eigenvalue weighted by Crippen LogP contribution is -2.22. The van der Waals surface area contributed by atoms with Crippen LogP contribution in [0.1, 0.15) is 16.9 Å². The Morgan fingerprint density at radius 1 is 0.955 bits per heavy atom. The van der Waals surface area contributed by atoms with Gasteiger partial charge in [0.1, 0.15) is 11.6 Å². The van der Waals surface area contributed by atoms with Crippen molar-refractivity contribution < 1.29 is 8.81 Å². The molecule has 22 heavy (non-hydrogen) atoms. The summed E-state index contributed by atoms with van der Waals surface area (Å²) >= 11 is 0. The number of hydrogen-bond donors (Lipinski definition) is 0. The standard InChI is InChI=1S/C18H17FN2O/c19-18-8-2-1-6-16(18)13-21(14-17-7-4-10-22-17)12-15-5-3-9-20-11-15/h1-11H,12-14H2. The summed E-state index contributed by atoms with van der Waals surface area (Å²) in [6.45, 7) is 1.82. The Hall–Kier alpha value is -2.46. The monoisotopic (exact) mass is 296 g/mol. The second-order valence-electron chi connectivity index (χ2n) is 5.18. The molecule has 0 atom stereocenters. The van der Waals surface area contributed by atoms with Crippen LogP contribution in [0, 0.1) is 5.82 Å². The van der Waals surface area contributed by atoms with E-state index in [-0.39, 0.29) is 5.82 Å².